The Morgan fingerprint density at radius 1 is 0.549 bits per heavy atom. The van der Waals surface area contributed by atoms with Gasteiger partial charge < -0.3 is 11.1 Å². The number of nitrogens with two attached hydrogens (primary N) is 1. The van der Waals surface area contributed by atoms with Crippen molar-refractivity contribution in [1.82, 2.24) is 5.32 Å². The van der Waals surface area contributed by atoms with Crippen LogP contribution in [0.1, 0.15) is 22.3 Å². The molecule has 0 heterocycles. The lowest BCUT2D eigenvalue weighted by atomic mass is 10.2. The molecular weight excluding hydrogens is 789 g/mol. The number of hydrogen-bond acceptors (Lipinski definition) is 3. The van der Waals surface area contributed by atoms with Crippen LogP contribution in [0.15, 0.2) is 134 Å². The molecule has 4 aromatic rings. The van der Waals surface area contributed by atoms with Gasteiger partial charge in [-0.05, 0) is 88.5 Å². The first-order valence-corrected chi connectivity index (χ1v) is 17.7. The number of nitrogens with one attached hydrogen (secondary N) is 1. The van der Waals surface area contributed by atoms with Crippen LogP contribution in [0.25, 0.3) is 24.3 Å². The Hall–Kier alpha value is -3.55. The highest BCUT2D eigenvalue weighted by Crippen LogP contribution is 2.23. The number of carbonyl (C=O) groups excluding carboxylic acids is 2. The third kappa shape index (κ3) is 20.2. The fourth-order valence-electron chi connectivity index (χ4n) is 3.63. The van der Waals surface area contributed by atoms with Crippen LogP contribution in [0.2, 0.25) is 30.1 Å². The lowest BCUT2D eigenvalue weighted by Crippen LogP contribution is -2.20. The second-order valence-corrected chi connectivity index (χ2v) is 12.9. The highest BCUT2D eigenvalue weighted by atomic mass is 35.5. The molecule has 4 aromatic carbocycles. The van der Waals surface area contributed by atoms with Gasteiger partial charge in [-0.3, -0.25) is 9.59 Å². The summed E-state index contributed by atoms with van der Waals surface area (Å²) < 4.78 is 0. The molecule has 0 spiro atoms. The standard InChI is InChI=1S/C20H16Cl3NO.C11H7Cl3O.C9H10ClN/c21-17-10-7-15(8-11-17)4-3-13-24-20(25)6-2-1-5-16-9-12-18(22)14-19(16)23;12-9-6-5-8(10(13)7-9)3-1-2-4-11(14)15;10-9-5-3-8(4-6-9)2-1-7-11/h1-12,14H,13H2,(H,24,25);1-7H;1-6H,7,11H2/b4-3+,5-1+,6-2+;3-1+,4-2+;2-1+. The third-order valence-corrected chi connectivity index (χ3v) is 7.82. The summed E-state index contributed by atoms with van der Waals surface area (Å²) in [4.78, 5) is 22.1. The number of carbonyl (C=O) groups is 2. The summed E-state index contributed by atoms with van der Waals surface area (Å²) in [6.07, 6.45) is 20.6. The average molecular weight is 822 g/mol. The van der Waals surface area contributed by atoms with Gasteiger partial charge in [0.2, 0.25) is 11.1 Å². The van der Waals surface area contributed by atoms with Crippen molar-refractivity contribution in [3.63, 3.8) is 0 Å². The molecule has 264 valence electrons. The predicted octanol–water partition coefficient (Wildman–Crippen LogP) is 12.7. The van der Waals surface area contributed by atoms with Gasteiger partial charge in [0.05, 0.1) is 0 Å². The minimum Gasteiger partial charge on any atom is -0.349 e. The SMILES string of the molecule is NC/C=C/c1ccc(Cl)cc1.O=C(/C=C/C=C/c1ccc(Cl)cc1Cl)NC/C=C/c1ccc(Cl)cc1.O=C(Cl)/C=C/C=C/c1ccc(Cl)cc1Cl. The fourth-order valence-corrected chi connectivity index (χ4v) is 4.90. The van der Waals surface area contributed by atoms with Crippen LogP contribution >= 0.6 is 81.2 Å². The maximum absolute atomic E-state index is 11.7. The maximum Gasteiger partial charge on any atom is 0.245 e. The van der Waals surface area contributed by atoms with E-state index in [-0.39, 0.29) is 5.91 Å². The van der Waals surface area contributed by atoms with E-state index < -0.39 is 5.24 Å². The van der Waals surface area contributed by atoms with E-state index in [2.05, 4.69) is 5.32 Å². The third-order valence-electron chi connectivity index (χ3n) is 6.06. The summed E-state index contributed by atoms with van der Waals surface area (Å²) in [6, 6.07) is 25.5. The zero-order valence-electron chi connectivity index (χ0n) is 27.0. The van der Waals surface area contributed by atoms with E-state index in [9.17, 15) is 9.59 Å². The van der Waals surface area contributed by atoms with Crippen molar-refractivity contribution < 1.29 is 9.59 Å². The second kappa shape index (κ2) is 25.4. The summed E-state index contributed by atoms with van der Waals surface area (Å²) in [5.74, 6) is -0.174. The molecule has 0 bridgehead atoms. The first-order chi connectivity index (χ1) is 24.5. The summed E-state index contributed by atoms with van der Waals surface area (Å²) in [5.41, 5.74) is 9.11. The van der Waals surface area contributed by atoms with E-state index in [1.807, 2.05) is 85.0 Å². The predicted molar refractivity (Wildman–Crippen MR) is 223 cm³/mol. The molecule has 51 heavy (non-hydrogen) atoms. The Labute approximate surface area is 334 Å². The van der Waals surface area contributed by atoms with Gasteiger partial charge in [-0.15, -0.1) is 0 Å². The maximum atomic E-state index is 11.7. The van der Waals surface area contributed by atoms with Gasteiger partial charge in [0.15, 0.2) is 0 Å². The topological polar surface area (TPSA) is 72.2 Å². The molecule has 11 heteroatoms. The van der Waals surface area contributed by atoms with Crippen LogP contribution in [0.5, 0.6) is 0 Å². The van der Waals surface area contributed by atoms with E-state index >= 15 is 0 Å². The van der Waals surface area contributed by atoms with E-state index in [1.165, 1.54) is 12.2 Å². The molecule has 4 rings (SSSR count). The van der Waals surface area contributed by atoms with Gasteiger partial charge in [0.1, 0.15) is 0 Å². The Balaban J connectivity index is 0.000000293. The minimum atomic E-state index is -0.512. The van der Waals surface area contributed by atoms with Crippen LogP contribution in [0.3, 0.4) is 0 Å². The Morgan fingerprint density at radius 3 is 1.41 bits per heavy atom. The number of amides is 1. The van der Waals surface area contributed by atoms with Crippen molar-refractivity contribution in [3.8, 4) is 0 Å². The van der Waals surface area contributed by atoms with E-state index in [1.54, 1.807) is 60.7 Å². The number of rotatable bonds is 11. The Kier molecular flexibility index (Phi) is 21.7. The quantitative estimate of drug-likeness (QED) is 0.0899. The molecule has 0 aromatic heterocycles. The molecule has 0 radical (unpaired) electrons. The molecule has 4 nitrogen and oxygen atoms in total. The zero-order chi connectivity index (χ0) is 37.4. The number of benzene rings is 4. The van der Waals surface area contributed by atoms with Crippen molar-refractivity contribution in [3.05, 3.63) is 186 Å². The van der Waals surface area contributed by atoms with E-state index in [4.69, 9.17) is 86.9 Å². The monoisotopic (exact) mass is 818 g/mol. The van der Waals surface area contributed by atoms with Crippen molar-refractivity contribution in [2.24, 2.45) is 5.73 Å². The van der Waals surface area contributed by atoms with E-state index in [0.29, 0.717) is 38.2 Å². The molecule has 0 saturated carbocycles. The largest absolute Gasteiger partial charge is 0.349 e. The lowest BCUT2D eigenvalue weighted by molar-refractivity contribution is -0.116. The van der Waals surface area contributed by atoms with Gasteiger partial charge in [-0.1, -0.05) is 167 Å². The van der Waals surface area contributed by atoms with Gasteiger partial charge in [0, 0.05) is 49.3 Å². The summed E-state index contributed by atoms with van der Waals surface area (Å²) in [5, 5.41) is 6.01. The molecule has 1 amide bonds. The average Bonchev–Trinajstić information content (AvgIpc) is 3.09. The summed E-state index contributed by atoms with van der Waals surface area (Å²) in [6.45, 7) is 1.02. The summed E-state index contributed by atoms with van der Waals surface area (Å²) in [7, 11) is 0. The molecular formula is C40H33Cl7N2O2. The number of hydrogen-bond donors (Lipinski definition) is 2. The Bertz CT molecular complexity index is 1880. The van der Waals surface area contributed by atoms with Crippen LogP contribution < -0.4 is 11.1 Å². The van der Waals surface area contributed by atoms with Gasteiger partial charge >= 0.3 is 0 Å². The molecule has 0 fully saturated rings. The Morgan fingerprint density at radius 2 is 0.980 bits per heavy atom. The molecule has 0 aliphatic carbocycles. The van der Waals surface area contributed by atoms with Crippen molar-refractivity contribution in [1.29, 1.82) is 0 Å². The normalized spacial score (nSPS) is 11.4. The van der Waals surface area contributed by atoms with Crippen LogP contribution in [-0.2, 0) is 9.59 Å². The van der Waals surface area contributed by atoms with E-state index in [0.717, 1.165) is 27.3 Å². The molecule has 3 N–H and O–H groups in total. The van der Waals surface area contributed by atoms with Gasteiger partial charge in [-0.25, -0.2) is 0 Å². The first-order valence-electron chi connectivity index (χ1n) is 15.1. The van der Waals surface area contributed by atoms with Crippen molar-refractivity contribution >= 4 is 117 Å². The minimum absolute atomic E-state index is 0.174. The van der Waals surface area contributed by atoms with Crippen molar-refractivity contribution in [2.75, 3.05) is 13.1 Å². The number of halogens is 7. The van der Waals surface area contributed by atoms with Gasteiger partial charge in [-0.2, -0.15) is 0 Å². The first kappa shape index (κ1) is 43.6. The molecule has 0 atom stereocenters. The molecule has 0 unspecified atom stereocenters. The van der Waals surface area contributed by atoms with Crippen molar-refractivity contribution in [2.45, 2.75) is 0 Å². The summed E-state index contributed by atoms with van der Waals surface area (Å²) >= 11 is 40.2. The fraction of sp³-hybridized carbons (Fsp3) is 0.0500. The molecule has 0 saturated heterocycles. The molecule has 0 aliphatic rings. The van der Waals surface area contributed by atoms with Gasteiger partial charge in [0.25, 0.3) is 0 Å². The van der Waals surface area contributed by atoms with Crippen LogP contribution in [0, 0.1) is 0 Å². The smallest absolute Gasteiger partial charge is 0.245 e. The highest BCUT2D eigenvalue weighted by molar-refractivity contribution is 6.66. The zero-order valence-corrected chi connectivity index (χ0v) is 32.3. The van der Waals surface area contributed by atoms with Crippen LogP contribution in [0.4, 0.5) is 0 Å². The molecule has 0 aliphatic heterocycles. The lowest BCUT2D eigenvalue weighted by Gasteiger charge is -1.98. The second-order valence-electron chi connectivity index (χ2n) is 9.96. The van der Waals surface area contributed by atoms with Crippen LogP contribution in [-0.4, -0.2) is 24.2 Å². The highest BCUT2D eigenvalue weighted by Gasteiger charge is 1.98. The number of allylic oxidation sites excluding steroid dienone is 5.